The van der Waals surface area contributed by atoms with Crippen molar-refractivity contribution in [3.8, 4) is 5.75 Å². The predicted octanol–water partition coefficient (Wildman–Crippen LogP) is 1.22. The number of aryl methyl sites for hydroxylation is 1. The molecule has 12 nitrogen and oxygen atoms in total. The highest BCUT2D eigenvalue weighted by atomic mass is 19.4. The van der Waals surface area contributed by atoms with Crippen molar-refractivity contribution in [1.82, 2.24) is 20.3 Å². The molecule has 2 aliphatic heterocycles. The van der Waals surface area contributed by atoms with E-state index in [9.17, 15) is 27.9 Å². The van der Waals surface area contributed by atoms with Crippen molar-refractivity contribution < 1.29 is 37.7 Å². The number of urea groups is 1. The largest absolute Gasteiger partial charge is 0.491 e. The molecule has 0 spiro atoms. The van der Waals surface area contributed by atoms with Crippen molar-refractivity contribution in [1.29, 1.82) is 0 Å². The topological polar surface area (TPSA) is 153 Å². The number of amides is 3. The first kappa shape index (κ1) is 26.3. The molecule has 4 N–H and O–H groups in total. The monoisotopic (exact) mass is 525 g/mol. The van der Waals surface area contributed by atoms with Gasteiger partial charge < -0.3 is 25.2 Å². The maximum atomic E-state index is 13.4. The molecule has 2 aromatic rings. The van der Waals surface area contributed by atoms with Gasteiger partial charge in [-0.1, -0.05) is 0 Å². The number of anilines is 3. The standard InChI is InChI=1S/C22H26F3N7O5/c1-11-17-19(30-18(27-11)20(35)28-12(2)22(23,24)25)32(13-4-6-31(17)8-13)21(36)29-16-7-15(3-5-26-16)37-10-14(34)9-33/h3,5,7,12-14,33-34H,4,6,8-10H2,1-2H3,(H,28,35)(H,26,29,36)/t12-,13?,14-/m1/s1. The van der Waals surface area contributed by atoms with Gasteiger partial charge in [-0.15, -0.1) is 0 Å². The third-order valence-corrected chi connectivity index (χ3v) is 5.99. The van der Waals surface area contributed by atoms with Gasteiger partial charge in [0.2, 0.25) is 5.82 Å². The van der Waals surface area contributed by atoms with Crippen LogP contribution in [0.1, 0.15) is 29.7 Å². The van der Waals surface area contributed by atoms with Gasteiger partial charge in [-0.2, -0.15) is 13.2 Å². The van der Waals surface area contributed by atoms with Crippen LogP contribution in [0.15, 0.2) is 18.3 Å². The van der Waals surface area contributed by atoms with Crippen LogP contribution in [-0.4, -0.2) is 87.8 Å². The zero-order valence-corrected chi connectivity index (χ0v) is 20.0. The molecule has 0 aliphatic carbocycles. The molecule has 15 heteroatoms. The minimum absolute atomic E-state index is 0.113. The van der Waals surface area contributed by atoms with Crippen LogP contribution in [-0.2, 0) is 0 Å². The number of rotatable bonds is 7. The molecule has 2 aliphatic rings. The van der Waals surface area contributed by atoms with Crippen molar-refractivity contribution in [3.05, 3.63) is 29.8 Å². The second kappa shape index (κ2) is 10.3. The number of carbonyl (C=O) groups is 2. The van der Waals surface area contributed by atoms with Gasteiger partial charge >= 0.3 is 12.2 Å². The molecule has 1 unspecified atom stereocenters. The average molecular weight is 525 g/mol. The van der Waals surface area contributed by atoms with Crippen molar-refractivity contribution in [3.63, 3.8) is 0 Å². The zero-order valence-electron chi connectivity index (χ0n) is 20.0. The first-order valence-electron chi connectivity index (χ1n) is 11.5. The Bertz CT molecular complexity index is 1180. The van der Waals surface area contributed by atoms with Crippen LogP contribution in [0.3, 0.4) is 0 Å². The lowest BCUT2D eigenvalue weighted by Crippen LogP contribution is -2.49. The maximum absolute atomic E-state index is 13.4. The van der Waals surface area contributed by atoms with E-state index in [-0.39, 0.29) is 24.3 Å². The van der Waals surface area contributed by atoms with E-state index in [1.807, 2.05) is 10.2 Å². The number of aliphatic hydroxyl groups is 2. The van der Waals surface area contributed by atoms with Gasteiger partial charge in [-0.25, -0.2) is 19.7 Å². The Balaban J connectivity index is 1.59. The van der Waals surface area contributed by atoms with Crippen LogP contribution in [0, 0.1) is 6.92 Å². The van der Waals surface area contributed by atoms with Crippen LogP contribution in [0.4, 0.5) is 35.3 Å². The molecule has 2 bridgehead atoms. The number of carbonyl (C=O) groups excluding carboxylic acids is 2. The van der Waals surface area contributed by atoms with Crippen LogP contribution >= 0.6 is 0 Å². The summed E-state index contributed by atoms with van der Waals surface area (Å²) < 4.78 is 44.2. The Labute approximate surface area is 209 Å². The van der Waals surface area contributed by atoms with E-state index in [0.717, 1.165) is 6.92 Å². The number of halogens is 3. The van der Waals surface area contributed by atoms with E-state index in [1.54, 1.807) is 6.92 Å². The lowest BCUT2D eigenvalue weighted by atomic mass is 10.1. The number of hydrogen-bond acceptors (Lipinski definition) is 9. The zero-order chi connectivity index (χ0) is 26.9. The summed E-state index contributed by atoms with van der Waals surface area (Å²) in [5.41, 5.74) is 0.872. The number of pyridine rings is 1. The number of hydrogen-bond donors (Lipinski definition) is 4. The fraction of sp³-hybridized carbons (Fsp3) is 0.500. The fourth-order valence-electron chi connectivity index (χ4n) is 4.11. The second-order valence-electron chi connectivity index (χ2n) is 8.75. The summed E-state index contributed by atoms with van der Waals surface area (Å²) >= 11 is 0. The summed E-state index contributed by atoms with van der Waals surface area (Å²) in [5.74, 6) is -1.06. The maximum Gasteiger partial charge on any atom is 0.408 e. The smallest absolute Gasteiger partial charge is 0.408 e. The Morgan fingerprint density at radius 1 is 1.32 bits per heavy atom. The molecule has 4 heterocycles. The normalized spacial score (nSPS) is 18.2. The third kappa shape index (κ3) is 5.67. The number of ether oxygens (including phenoxy) is 1. The highest BCUT2D eigenvalue weighted by Gasteiger charge is 2.43. The highest BCUT2D eigenvalue weighted by molar-refractivity contribution is 6.05. The molecule has 0 saturated carbocycles. The van der Waals surface area contributed by atoms with Gasteiger partial charge in [0.05, 0.1) is 18.3 Å². The van der Waals surface area contributed by atoms with Crippen molar-refractivity contribution in [2.75, 3.05) is 41.4 Å². The lowest BCUT2D eigenvalue weighted by molar-refractivity contribution is -0.149. The van der Waals surface area contributed by atoms with Crippen LogP contribution in [0.2, 0.25) is 0 Å². The molecule has 3 amide bonds. The SMILES string of the molecule is Cc1nc(C(=O)N[C@H](C)C(F)(F)F)nc2c1N1CCC(C1)N2C(=O)Nc1cc(OC[C@H](O)CO)ccn1. The molecule has 3 atom stereocenters. The number of nitrogens with zero attached hydrogens (tertiary/aromatic N) is 5. The molecule has 2 aromatic heterocycles. The number of fused-ring (bicyclic) bond motifs is 4. The summed E-state index contributed by atoms with van der Waals surface area (Å²) in [4.78, 5) is 41.6. The van der Waals surface area contributed by atoms with Crippen LogP contribution in [0.25, 0.3) is 0 Å². The molecule has 37 heavy (non-hydrogen) atoms. The van der Waals surface area contributed by atoms with E-state index in [4.69, 9.17) is 9.84 Å². The molecule has 0 aromatic carbocycles. The second-order valence-corrected chi connectivity index (χ2v) is 8.75. The van der Waals surface area contributed by atoms with Gasteiger partial charge in [0.15, 0.2) is 5.82 Å². The summed E-state index contributed by atoms with van der Waals surface area (Å²) in [6, 6.07) is -0.0878. The van der Waals surface area contributed by atoms with Gasteiger partial charge in [0.25, 0.3) is 5.91 Å². The van der Waals surface area contributed by atoms with E-state index < -0.39 is 42.7 Å². The molecule has 1 fully saturated rings. The van der Waals surface area contributed by atoms with Crippen molar-refractivity contribution in [2.24, 2.45) is 0 Å². The van der Waals surface area contributed by atoms with E-state index in [1.165, 1.54) is 23.2 Å². The van der Waals surface area contributed by atoms with E-state index in [2.05, 4.69) is 20.3 Å². The van der Waals surface area contributed by atoms with Gasteiger partial charge in [0.1, 0.15) is 36.0 Å². The van der Waals surface area contributed by atoms with Crippen LogP contribution < -0.4 is 25.2 Å². The minimum Gasteiger partial charge on any atom is -0.491 e. The van der Waals surface area contributed by atoms with Gasteiger partial charge in [-0.3, -0.25) is 15.0 Å². The Morgan fingerprint density at radius 3 is 2.78 bits per heavy atom. The molecule has 200 valence electrons. The Morgan fingerprint density at radius 2 is 2.08 bits per heavy atom. The summed E-state index contributed by atoms with van der Waals surface area (Å²) in [6.45, 7) is 2.87. The molecule has 1 saturated heterocycles. The number of aromatic nitrogens is 3. The summed E-state index contributed by atoms with van der Waals surface area (Å²) in [6.07, 6.45) is -3.73. The summed E-state index contributed by atoms with van der Waals surface area (Å²) in [5, 5.41) is 22.9. The quantitative estimate of drug-likeness (QED) is 0.418. The third-order valence-electron chi connectivity index (χ3n) is 5.99. The predicted molar refractivity (Wildman–Crippen MR) is 125 cm³/mol. The Hall–Kier alpha value is -3.72. The minimum atomic E-state index is -4.64. The Kier molecular flexibility index (Phi) is 7.36. The first-order chi connectivity index (χ1) is 17.5. The van der Waals surface area contributed by atoms with Crippen LogP contribution in [0.5, 0.6) is 5.75 Å². The fourth-order valence-corrected chi connectivity index (χ4v) is 4.11. The molecular weight excluding hydrogens is 499 g/mol. The number of alkyl halides is 3. The molecular formula is C22H26F3N7O5. The van der Waals surface area contributed by atoms with E-state index in [0.29, 0.717) is 36.6 Å². The van der Waals surface area contributed by atoms with E-state index >= 15 is 0 Å². The van der Waals surface area contributed by atoms with Crippen molar-refractivity contribution >= 4 is 29.3 Å². The number of aliphatic hydroxyl groups excluding tert-OH is 2. The first-order valence-corrected chi connectivity index (χ1v) is 11.5. The summed E-state index contributed by atoms with van der Waals surface area (Å²) in [7, 11) is 0. The van der Waals surface area contributed by atoms with Gasteiger partial charge in [-0.05, 0) is 26.3 Å². The average Bonchev–Trinajstić information content (AvgIpc) is 3.24. The van der Waals surface area contributed by atoms with Crippen molar-refractivity contribution in [2.45, 2.75) is 44.6 Å². The van der Waals surface area contributed by atoms with Gasteiger partial charge in [0, 0.05) is 25.4 Å². The lowest BCUT2D eigenvalue weighted by Gasteiger charge is -2.36. The molecule has 0 radical (unpaired) electrons. The molecule has 4 rings (SSSR count). The highest BCUT2D eigenvalue weighted by Crippen LogP contribution is 2.40. The number of nitrogens with one attached hydrogen (secondary N) is 2.